The largest absolute Gasteiger partial charge is 0.471 e. The first-order valence-corrected chi connectivity index (χ1v) is 13.4. The minimum absolute atomic E-state index is 0.118. The summed E-state index contributed by atoms with van der Waals surface area (Å²) in [6, 6.07) is 6.91. The van der Waals surface area contributed by atoms with Crippen LogP contribution in [0.1, 0.15) is 74.6 Å². The summed E-state index contributed by atoms with van der Waals surface area (Å²) in [7, 11) is 0. The van der Waals surface area contributed by atoms with Gasteiger partial charge in [-0.25, -0.2) is 9.98 Å². The molecule has 1 aromatic carbocycles. The summed E-state index contributed by atoms with van der Waals surface area (Å²) in [4.78, 5) is 22.0. The Labute approximate surface area is 221 Å². The summed E-state index contributed by atoms with van der Waals surface area (Å²) in [5, 5.41) is 20.0. The number of rotatable bonds is 4. The van der Waals surface area contributed by atoms with Crippen molar-refractivity contribution in [3.05, 3.63) is 29.8 Å². The molecule has 12 heteroatoms. The number of ether oxygens (including phenoxy) is 1. The van der Waals surface area contributed by atoms with E-state index >= 15 is 0 Å². The minimum atomic E-state index is -0.416. The van der Waals surface area contributed by atoms with Crippen LogP contribution in [0, 0.1) is 0 Å². The van der Waals surface area contributed by atoms with Gasteiger partial charge in [-0.15, -0.1) is 0 Å². The zero-order chi connectivity index (χ0) is 25.0. The number of aliphatic imine (C=N–C) groups is 2. The minimum Gasteiger partial charge on any atom is -0.471 e. The van der Waals surface area contributed by atoms with Gasteiger partial charge in [0.05, 0.1) is 0 Å². The molecule has 36 heavy (non-hydrogen) atoms. The van der Waals surface area contributed by atoms with Gasteiger partial charge in [-0.05, 0) is 100 Å². The predicted molar refractivity (Wildman–Crippen MR) is 147 cm³/mol. The fourth-order valence-electron chi connectivity index (χ4n) is 5.24. The molecule has 2 spiro atoms. The van der Waals surface area contributed by atoms with Crippen LogP contribution in [0.15, 0.2) is 34.3 Å². The standard InChI is InChI=1S/C24H32N8O2S2/c33-18(26-20-28-22(36)32-24(30-20)13-5-2-6-14-24)16-7-9-17(10-8-16)34-15-25-19-27-21(35)31-23(29-19)11-3-1-4-12-23/h7-10H,1-6,11-15H2,(H3,25,27,29,31,35)(H3,26,28,30,32,33,36). The van der Waals surface area contributed by atoms with E-state index < -0.39 is 5.66 Å². The topological polar surface area (TPSA) is 123 Å². The van der Waals surface area contributed by atoms with Gasteiger partial charge in [0.25, 0.3) is 5.91 Å². The molecule has 192 valence electrons. The van der Waals surface area contributed by atoms with Crippen LogP contribution in [-0.2, 0) is 0 Å². The number of carbonyl (C=O) groups excluding carboxylic acids is 1. The molecule has 2 saturated carbocycles. The van der Waals surface area contributed by atoms with Crippen LogP contribution in [0.4, 0.5) is 0 Å². The molecule has 5 rings (SSSR count). The van der Waals surface area contributed by atoms with E-state index in [9.17, 15) is 4.79 Å². The lowest BCUT2D eigenvalue weighted by Crippen LogP contribution is -2.71. The zero-order valence-electron chi connectivity index (χ0n) is 20.1. The molecular formula is C24H32N8O2S2. The number of guanidine groups is 2. The van der Waals surface area contributed by atoms with Crippen LogP contribution in [0.25, 0.3) is 0 Å². The molecule has 1 aromatic rings. The first-order chi connectivity index (χ1) is 17.4. The molecule has 0 unspecified atom stereocenters. The number of thiocarbonyl (C=S) groups is 2. The van der Waals surface area contributed by atoms with Crippen LogP contribution in [0.2, 0.25) is 0 Å². The molecule has 1 amide bonds. The second kappa shape index (κ2) is 10.6. The third-order valence-electron chi connectivity index (χ3n) is 7.04. The predicted octanol–water partition coefficient (Wildman–Crippen LogP) is 2.33. The molecule has 10 nitrogen and oxygen atoms in total. The summed E-state index contributed by atoms with van der Waals surface area (Å²) in [5.41, 5.74) is -0.143. The van der Waals surface area contributed by atoms with E-state index in [0.717, 1.165) is 51.4 Å². The molecule has 4 aliphatic rings. The monoisotopic (exact) mass is 528 g/mol. The summed E-state index contributed by atoms with van der Waals surface area (Å²) in [5.74, 6) is 1.34. The fraction of sp³-hybridized carbons (Fsp3) is 0.542. The number of hydrogen-bond acceptors (Lipinski definition) is 6. The lowest BCUT2D eigenvalue weighted by molar-refractivity contribution is 0.0975. The van der Waals surface area contributed by atoms with Crippen molar-refractivity contribution in [2.45, 2.75) is 75.5 Å². The Bertz CT molecular complexity index is 1080. The smallest absolute Gasteiger partial charge is 0.257 e. The van der Waals surface area contributed by atoms with E-state index in [1.807, 2.05) is 0 Å². The Balaban J connectivity index is 1.16. The SMILES string of the molecule is O=C(NC1=NC2(CCCCC2)NC(=S)N1)c1ccc(OC/N=C2/NC(=S)NC3(CCCCC3)N2)cc1. The Morgan fingerprint density at radius 2 is 1.58 bits per heavy atom. The van der Waals surface area contributed by atoms with Crippen molar-refractivity contribution in [1.29, 1.82) is 0 Å². The first kappa shape index (κ1) is 24.7. The molecule has 2 aliphatic heterocycles. The summed E-state index contributed by atoms with van der Waals surface area (Å²) >= 11 is 10.7. The average molecular weight is 529 g/mol. The second-order valence-corrected chi connectivity index (χ2v) is 10.6. The highest BCUT2D eigenvalue weighted by atomic mass is 32.1. The summed E-state index contributed by atoms with van der Waals surface area (Å²) in [6.07, 6.45) is 10.7. The van der Waals surface area contributed by atoms with E-state index in [2.05, 4.69) is 36.9 Å². The maximum atomic E-state index is 12.8. The van der Waals surface area contributed by atoms with Gasteiger partial charge in [0.1, 0.15) is 17.1 Å². The Kier molecular flexibility index (Phi) is 7.24. The van der Waals surface area contributed by atoms with Gasteiger partial charge in [0.2, 0.25) is 11.9 Å². The maximum absolute atomic E-state index is 12.8. The third kappa shape index (κ3) is 5.86. The van der Waals surface area contributed by atoms with E-state index in [0.29, 0.717) is 33.5 Å². The van der Waals surface area contributed by atoms with Crippen LogP contribution < -0.4 is 36.6 Å². The number of nitrogens with one attached hydrogen (secondary N) is 6. The van der Waals surface area contributed by atoms with Crippen molar-refractivity contribution >= 4 is 52.5 Å². The van der Waals surface area contributed by atoms with E-state index in [1.54, 1.807) is 24.3 Å². The maximum Gasteiger partial charge on any atom is 0.257 e. The molecule has 0 aromatic heterocycles. The lowest BCUT2D eigenvalue weighted by atomic mass is 9.88. The number of amides is 1. The van der Waals surface area contributed by atoms with Crippen molar-refractivity contribution in [3.63, 3.8) is 0 Å². The molecule has 0 radical (unpaired) electrons. The van der Waals surface area contributed by atoms with Crippen molar-refractivity contribution < 1.29 is 9.53 Å². The highest BCUT2D eigenvalue weighted by Gasteiger charge is 2.37. The molecule has 6 N–H and O–H groups in total. The van der Waals surface area contributed by atoms with Gasteiger partial charge in [0, 0.05) is 5.56 Å². The molecule has 3 fully saturated rings. The molecule has 1 saturated heterocycles. The summed E-state index contributed by atoms with van der Waals surface area (Å²) in [6.45, 7) is 0.118. The van der Waals surface area contributed by atoms with Crippen LogP contribution in [0.3, 0.4) is 0 Å². The normalized spacial score (nSPS) is 23.4. The van der Waals surface area contributed by atoms with Gasteiger partial charge in [-0.1, -0.05) is 12.8 Å². The second-order valence-electron chi connectivity index (χ2n) is 9.74. The highest BCUT2D eigenvalue weighted by molar-refractivity contribution is 7.80. The van der Waals surface area contributed by atoms with Gasteiger partial charge >= 0.3 is 0 Å². The highest BCUT2D eigenvalue weighted by Crippen LogP contribution is 2.30. The van der Waals surface area contributed by atoms with Crippen LogP contribution in [0.5, 0.6) is 5.75 Å². The van der Waals surface area contributed by atoms with Gasteiger partial charge in [-0.3, -0.25) is 10.1 Å². The fourth-order valence-corrected chi connectivity index (χ4v) is 5.81. The van der Waals surface area contributed by atoms with Crippen molar-refractivity contribution in [3.8, 4) is 5.75 Å². The van der Waals surface area contributed by atoms with E-state index in [1.165, 1.54) is 12.8 Å². The van der Waals surface area contributed by atoms with E-state index in [4.69, 9.17) is 34.2 Å². The first-order valence-electron chi connectivity index (χ1n) is 12.6. The number of hydrogen-bond donors (Lipinski definition) is 6. The molecular weight excluding hydrogens is 496 g/mol. The zero-order valence-corrected chi connectivity index (χ0v) is 21.7. The molecule has 2 aliphatic carbocycles. The van der Waals surface area contributed by atoms with E-state index in [-0.39, 0.29) is 18.3 Å². The van der Waals surface area contributed by atoms with Crippen LogP contribution in [-0.4, -0.2) is 46.1 Å². The van der Waals surface area contributed by atoms with Gasteiger partial charge < -0.3 is 31.3 Å². The van der Waals surface area contributed by atoms with Crippen LogP contribution >= 0.6 is 24.4 Å². The Hall–Kier alpha value is -2.99. The van der Waals surface area contributed by atoms with Gasteiger partial charge in [-0.2, -0.15) is 0 Å². The molecule has 2 heterocycles. The molecule has 0 bridgehead atoms. The van der Waals surface area contributed by atoms with Crippen molar-refractivity contribution in [2.75, 3.05) is 6.73 Å². The molecule has 0 atom stereocenters. The third-order valence-corrected chi connectivity index (χ3v) is 7.44. The quantitative estimate of drug-likeness (QED) is 0.327. The van der Waals surface area contributed by atoms with Crippen molar-refractivity contribution in [1.82, 2.24) is 31.9 Å². The summed E-state index contributed by atoms with van der Waals surface area (Å²) < 4.78 is 5.77. The Morgan fingerprint density at radius 3 is 2.31 bits per heavy atom. The number of carbonyl (C=O) groups is 1. The number of benzene rings is 1. The number of nitrogens with zero attached hydrogens (tertiary/aromatic N) is 2. The Morgan fingerprint density at radius 1 is 0.917 bits per heavy atom. The van der Waals surface area contributed by atoms with Gasteiger partial charge in [0.15, 0.2) is 17.0 Å². The van der Waals surface area contributed by atoms with Crippen molar-refractivity contribution in [2.24, 2.45) is 9.98 Å². The average Bonchev–Trinajstić information content (AvgIpc) is 2.84. The lowest BCUT2D eigenvalue weighted by Gasteiger charge is -2.44.